The van der Waals surface area contributed by atoms with Gasteiger partial charge < -0.3 is 5.73 Å². The number of nitrogen functional groups attached to an aromatic ring is 1. The molecule has 4 nitrogen and oxygen atoms in total. The predicted molar refractivity (Wildman–Crippen MR) is 60.8 cm³/mol. The number of halogens is 1. The van der Waals surface area contributed by atoms with Gasteiger partial charge in [0.05, 0.1) is 10.4 Å². The van der Waals surface area contributed by atoms with Gasteiger partial charge in [-0.2, -0.15) is 0 Å². The van der Waals surface area contributed by atoms with Gasteiger partial charge in [0.25, 0.3) is 0 Å². The van der Waals surface area contributed by atoms with E-state index in [0.717, 1.165) is 0 Å². The second-order valence-electron chi connectivity index (χ2n) is 3.61. The van der Waals surface area contributed by atoms with E-state index in [0.29, 0.717) is 27.7 Å². The Morgan fingerprint density at radius 1 is 1.33 bits per heavy atom. The van der Waals surface area contributed by atoms with Crippen LogP contribution >= 0.6 is 11.6 Å². The summed E-state index contributed by atoms with van der Waals surface area (Å²) in [6.07, 6.45) is 1.61. The van der Waals surface area contributed by atoms with Crippen LogP contribution < -0.4 is 5.73 Å². The lowest BCUT2D eigenvalue weighted by atomic mass is 10.2. The summed E-state index contributed by atoms with van der Waals surface area (Å²) >= 11 is 5.99. The fraction of sp³-hybridized carbons (Fsp3) is 0.300. The summed E-state index contributed by atoms with van der Waals surface area (Å²) in [4.78, 5) is 12.6. The van der Waals surface area contributed by atoms with E-state index in [-0.39, 0.29) is 5.92 Å². The van der Waals surface area contributed by atoms with Crippen LogP contribution in [0, 0.1) is 0 Å². The zero-order valence-corrected chi connectivity index (χ0v) is 9.28. The third kappa shape index (κ3) is 1.72. The Morgan fingerprint density at radius 3 is 2.73 bits per heavy atom. The number of pyridine rings is 1. The Kier molecular flexibility index (Phi) is 2.44. The molecule has 0 spiro atoms. The minimum atomic E-state index is 0.220. The number of aromatic nitrogens is 3. The van der Waals surface area contributed by atoms with Gasteiger partial charge in [0, 0.05) is 12.1 Å². The van der Waals surface area contributed by atoms with E-state index in [1.54, 1.807) is 12.3 Å². The van der Waals surface area contributed by atoms with Crippen LogP contribution in [0.5, 0.6) is 0 Å². The van der Waals surface area contributed by atoms with Gasteiger partial charge in [0.2, 0.25) is 0 Å². The molecule has 0 fully saturated rings. The van der Waals surface area contributed by atoms with Gasteiger partial charge in [-0.1, -0.05) is 25.4 Å². The van der Waals surface area contributed by atoms with E-state index in [4.69, 9.17) is 17.3 Å². The highest BCUT2D eigenvalue weighted by atomic mass is 35.5. The molecule has 0 atom stereocenters. The first-order valence-corrected chi connectivity index (χ1v) is 5.05. The zero-order valence-electron chi connectivity index (χ0n) is 8.53. The van der Waals surface area contributed by atoms with Crippen molar-refractivity contribution in [1.29, 1.82) is 0 Å². The second kappa shape index (κ2) is 3.62. The average Bonchev–Trinajstić information content (AvgIpc) is 2.17. The normalized spacial score (nSPS) is 11.2. The van der Waals surface area contributed by atoms with Gasteiger partial charge >= 0.3 is 0 Å². The van der Waals surface area contributed by atoms with E-state index in [9.17, 15) is 0 Å². The van der Waals surface area contributed by atoms with Crippen molar-refractivity contribution in [2.75, 3.05) is 5.73 Å². The van der Waals surface area contributed by atoms with Gasteiger partial charge in [-0.25, -0.2) is 15.0 Å². The first-order valence-electron chi connectivity index (χ1n) is 4.67. The Labute approximate surface area is 92.5 Å². The monoisotopic (exact) mass is 222 g/mol. The smallest absolute Gasteiger partial charge is 0.166 e. The zero-order chi connectivity index (χ0) is 11.0. The minimum Gasteiger partial charge on any atom is -0.383 e. The minimum absolute atomic E-state index is 0.220. The quantitative estimate of drug-likeness (QED) is 0.805. The largest absolute Gasteiger partial charge is 0.383 e. The molecule has 0 radical (unpaired) electrons. The van der Waals surface area contributed by atoms with Crippen molar-refractivity contribution >= 4 is 28.5 Å². The lowest BCUT2D eigenvalue weighted by Gasteiger charge is -2.07. The highest BCUT2D eigenvalue weighted by molar-refractivity contribution is 6.36. The summed E-state index contributed by atoms with van der Waals surface area (Å²) in [6, 6.07) is 1.68. The fourth-order valence-corrected chi connectivity index (χ4v) is 1.56. The average molecular weight is 223 g/mol. The van der Waals surface area contributed by atoms with Crippen molar-refractivity contribution in [2.45, 2.75) is 19.8 Å². The van der Waals surface area contributed by atoms with Gasteiger partial charge in [-0.3, -0.25) is 0 Å². The highest BCUT2D eigenvalue weighted by Crippen LogP contribution is 2.25. The molecule has 0 saturated heterocycles. The fourth-order valence-electron chi connectivity index (χ4n) is 1.32. The molecule has 2 heterocycles. The van der Waals surface area contributed by atoms with Crippen LogP contribution in [0.3, 0.4) is 0 Å². The third-order valence-electron chi connectivity index (χ3n) is 2.11. The number of anilines is 1. The van der Waals surface area contributed by atoms with Crippen LogP contribution in [0.4, 0.5) is 5.82 Å². The molecule has 2 aromatic heterocycles. The molecular formula is C10H11ClN4. The lowest BCUT2D eigenvalue weighted by molar-refractivity contribution is 0.783. The van der Waals surface area contributed by atoms with Gasteiger partial charge in [-0.05, 0) is 6.07 Å². The summed E-state index contributed by atoms with van der Waals surface area (Å²) in [5, 5.41) is 1.16. The molecule has 78 valence electrons. The summed E-state index contributed by atoms with van der Waals surface area (Å²) in [5.74, 6) is 1.30. The van der Waals surface area contributed by atoms with Crippen molar-refractivity contribution in [3.05, 3.63) is 23.1 Å². The van der Waals surface area contributed by atoms with Crippen molar-refractivity contribution in [1.82, 2.24) is 15.0 Å². The van der Waals surface area contributed by atoms with Gasteiger partial charge in [0.1, 0.15) is 11.6 Å². The summed E-state index contributed by atoms with van der Waals surface area (Å²) < 4.78 is 0. The molecule has 0 aliphatic heterocycles. The number of hydrogen-bond acceptors (Lipinski definition) is 4. The van der Waals surface area contributed by atoms with Crippen LogP contribution in [0.1, 0.15) is 25.6 Å². The third-order valence-corrected chi connectivity index (χ3v) is 2.42. The van der Waals surface area contributed by atoms with E-state index < -0.39 is 0 Å². The van der Waals surface area contributed by atoms with E-state index in [1.807, 2.05) is 13.8 Å². The first kappa shape index (κ1) is 10.1. The van der Waals surface area contributed by atoms with Crippen LogP contribution in [0.15, 0.2) is 12.3 Å². The lowest BCUT2D eigenvalue weighted by Crippen LogP contribution is -2.03. The SMILES string of the molecule is CC(C)c1nc(N)c2c(Cl)ccnc2n1. The molecule has 0 aliphatic rings. The van der Waals surface area contributed by atoms with Crippen molar-refractivity contribution in [3.63, 3.8) is 0 Å². The highest BCUT2D eigenvalue weighted by Gasteiger charge is 2.11. The molecular weight excluding hydrogens is 212 g/mol. The molecule has 2 aromatic rings. The molecule has 5 heteroatoms. The first-order chi connectivity index (χ1) is 7.09. The second-order valence-corrected chi connectivity index (χ2v) is 4.02. The van der Waals surface area contributed by atoms with Crippen LogP contribution in [-0.4, -0.2) is 15.0 Å². The molecule has 0 aliphatic carbocycles. The molecule has 0 unspecified atom stereocenters. The molecule has 2 rings (SSSR count). The summed E-state index contributed by atoms with van der Waals surface area (Å²) in [7, 11) is 0. The Hall–Kier alpha value is -1.42. The Bertz CT molecular complexity index is 510. The topological polar surface area (TPSA) is 64.7 Å². The Morgan fingerprint density at radius 2 is 2.07 bits per heavy atom. The Balaban J connectivity index is 2.78. The maximum Gasteiger partial charge on any atom is 0.166 e. The standard InChI is InChI=1S/C10H11ClN4/c1-5(2)9-14-8(12)7-6(11)3-4-13-10(7)15-9/h3-5H,1-2H3,(H2,12,13,14,15). The maximum absolute atomic E-state index is 5.99. The number of rotatable bonds is 1. The number of nitrogens with zero attached hydrogens (tertiary/aromatic N) is 3. The predicted octanol–water partition coefficient (Wildman–Crippen LogP) is 2.38. The van der Waals surface area contributed by atoms with Crippen molar-refractivity contribution < 1.29 is 0 Å². The number of fused-ring (bicyclic) bond motifs is 1. The number of nitrogens with two attached hydrogens (primary N) is 1. The summed E-state index contributed by atoms with van der Waals surface area (Å²) in [5.41, 5.74) is 6.37. The van der Waals surface area contributed by atoms with E-state index in [1.165, 1.54) is 0 Å². The van der Waals surface area contributed by atoms with Crippen LogP contribution in [-0.2, 0) is 0 Å². The maximum atomic E-state index is 5.99. The van der Waals surface area contributed by atoms with Crippen LogP contribution in [0.25, 0.3) is 11.0 Å². The van der Waals surface area contributed by atoms with Gasteiger partial charge in [0.15, 0.2) is 5.65 Å². The molecule has 0 amide bonds. The number of hydrogen-bond donors (Lipinski definition) is 1. The molecule has 0 saturated carbocycles. The van der Waals surface area contributed by atoms with Gasteiger partial charge in [-0.15, -0.1) is 0 Å². The van der Waals surface area contributed by atoms with Crippen molar-refractivity contribution in [2.24, 2.45) is 0 Å². The summed E-state index contributed by atoms with van der Waals surface area (Å²) in [6.45, 7) is 4.01. The van der Waals surface area contributed by atoms with E-state index in [2.05, 4.69) is 15.0 Å². The molecule has 0 bridgehead atoms. The van der Waals surface area contributed by atoms with Crippen molar-refractivity contribution in [3.8, 4) is 0 Å². The molecule has 15 heavy (non-hydrogen) atoms. The van der Waals surface area contributed by atoms with E-state index >= 15 is 0 Å². The molecule has 2 N–H and O–H groups in total. The molecule has 0 aromatic carbocycles. The van der Waals surface area contributed by atoms with Crippen LogP contribution in [0.2, 0.25) is 5.02 Å².